The van der Waals surface area contributed by atoms with Crippen LogP contribution in [0.3, 0.4) is 0 Å². The van der Waals surface area contributed by atoms with Crippen LogP contribution >= 0.6 is 34.7 Å². The number of halogens is 3. The zero-order chi connectivity index (χ0) is 34.0. The molecule has 0 unspecified atom stereocenters. The highest BCUT2D eigenvalue weighted by Gasteiger charge is 2.35. The molecule has 0 radical (unpaired) electrons. The van der Waals surface area contributed by atoms with Crippen LogP contribution in [0.2, 0.25) is 5.02 Å². The lowest BCUT2D eigenvalue weighted by atomic mass is 9.89. The molecule has 2 amide bonds. The third-order valence-electron chi connectivity index (χ3n) is 8.52. The second-order valence-electron chi connectivity index (χ2n) is 12.7. The molecule has 6 nitrogen and oxygen atoms in total. The molecule has 250 valence electrons. The number of amides is 2. The highest BCUT2D eigenvalue weighted by atomic mass is 35.5. The molecule has 47 heavy (non-hydrogen) atoms. The quantitative estimate of drug-likeness (QED) is 0.171. The first-order chi connectivity index (χ1) is 22.3. The second-order valence-corrected chi connectivity index (χ2v) is 15.0. The normalized spacial score (nSPS) is 16.6. The molecule has 0 spiro atoms. The molecule has 1 saturated carbocycles. The number of ether oxygens (including phenoxy) is 2. The number of fused-ring (bicyclic) bond motifs is 1. The maximum atomic E-state index is 14.8. The van der Waals surface area contributed by atoms with Crippen LogP contribution in [0.1, 0.15) is 61.7 Å². The molecule has 0 atom stereocenters. The summed E-state index contributed by atoms with van der Waals surface area (Å²) in [6.07, 6.45) is 4.14. The van der Waals surface area contributed by atoms with Gasteiger partial charge in [-0.3, -0.25) is 4.79 Å². The number of rotatable bonds is 8. The summed E-state index contributed by atoms with van der Waals surface area (Å²) in [7, 11) is 3.33. The van der Waals surface area contributed by atoms with Gasteiger partial charge in [0.25, 0.3) is 5.91 Å². The fourth-order valence-corrected chi connectivity index (χ4v) is 7.93. The van der Waals surface area contributed by atoms with Gasteiger partial charge < -0.3 is 19.3 Å². The molecule has 0 N–H and O–H groups in total. The lowest BCUT2D eigenvalue weighted by molar-refractivity contribution is 0.0144. The van der Waals surface area contributed by atoms with Gasteiger partial charge in [-0.25, -0.2) is 13.6 Å². The number of benzene rings is 3. The lowest BCUT2D eigenvalue weighted by Gasteiger charge is -2.40. The molecule has 1 heterocycles. The maximum Gasteiger partial charge on any atom is 0.410 e. The Balaban J connectivity index is 1.49. The molecule has 1 aliphatic carbocycles. The Morgan fingerprint density at radius 1 is 0.957 bits per heavy atom. The molecule has 3 aromatic carbocycles. The minimum absolute atomic E-state index is 0.00858. The van der Waals surface area contributed by atoms with Gasteiger partial charge in [-0.2, -0.15) is 0 Å². The SMILES string of the molecule is COc1ccc(-c2ccc(SC)cc2)cc1CN(C(=O)c1sc2c(F)ccc(F)c2c1Cl)[C@H]1CC[C@H](N(C)C(=O)OC(C)(C)C)CC1. The van der Waals surface area contributed by atoms with Gasteiger partial charge in [-0.05, 0) is 100 Å². The fraction of sp³-hybridized carbons (Fsp3) is 0.389. The van der Waals surface area contributed by atoms with E-state index < -0.39 is 23.1 Å². The van der Waals surface area contributed by atoms with E-state index in [4.69, 9.17) is 21.1 Å². The van der Waals surface area contributed by atoms with Gasteiger partial charge in [-0.15, -0.1) is 23.1 Å². The van der Waals surface area contributed by atoms with Gasteiger partial charge in [0, 0.05) is 36.1 Å². The van der Waals surface area contributed by atoms with Crippen molar-refractivity contribution in [2.75, 3.05) is 20.4 Å². The third kappa shape index (κ3) is 7.71. The van der Waals surface area contributed by atoms with Crippen LogP contribution in [-0.4, -0.2) is 59.9 Å². The largest absolute Gasteiger partial charge is 0.496 e. The summed E-state index contributed by atoms with van der Waals surface area (Å²) in [5.74, 6) is -1.10. The molecule has 11 heteroatoms. The van der Waals surface area contributed by atoms with E-state index in [9.17, 15) is 18.4 Å². The molecule has 0 bridgehead atoms. The summed E-state index contributed by atoms with van der Waals surface area (Å²) in [4.78, 5) is 31.9. The van der Waals surface area contributed by atoms with Crippen LogP contribution in [0.15, 0.2) is 59.5 Å². The van der Waals surface area contributed by atoms with Crippen LogP contribution < -0.4 is 4.74 Å². The molecular weight excluding hydrogens is 662 g/mol. The fourth-order valence-electron chi connectivity index (χ4n) is 6.02. The number of carbonyl (C=O) groups is 2. The highest BCUT2D eigenvalue weighted by Crippen LogP contribution is 2.41. The lowest BCUT2D eigenvalue weighted by Crippen LogP contribution is -2.47. The van der Waals surface area contributed by atoms with E-state index in [1.807, 2.05) is 45.2 Å². The van der Waals surface area contributed by atoms with E-state index in [1.165, 1.54) is 0 Å². The molecule has 1 aromatic heterocycles. The van der Waals surface area contributed by atoms with Gasteiger partial charge >= 0.3 is 6.09 Å². The van der Waals surface area contributed by atoms with E-state index in [0.717, 1.165) is 45.1 Å². The van der Waals surface area contributed by atoms with Gasteiger partial charge in [-0.1, -0.05) is 29.8 Å². The summed E-state index contributed by atoms with van der Waals surface area (Å²) < 4.78 is 40.9. The van der Waals surface area contributed by atoms with Crippen molar-refractivity contribution in [3.63, 3.8) is 0 Å². The van der Waals surface area contributed by atoms with E-state index >= 15 is 0 Å². The van der Waals surface area contributed by atoms with E-state index in [0.29, 0.717) is 31.4 Å². The van der Waals surface area contributed by atoms with Crippen molar-refractivity contribution < 1.29 is 27.8 Å². The van der Waals surface area contributed by atoms with Crippen molar-refractivity contribution in [1.29, 1.82) is 0 Å². The first kappa shape index (κ1) is 35.0. The Bertz CT molecular complexity index is 1770. The average Bonchev–Trinajstić information content (AvgIpc) is 3.42. The summed E-state index contributed by atoms with van der Waals surface area (Å²) in [6, 6.07) is 15.9. The molecule has 5 rings (SSSR count). The molecule has 0 saturated heterocycles. The van der Waals surface area contributed by atoms with Gasteiger partial charge in [0.2, 0.25) is 0 Å². The molecule has 1 aliphatic rings. The van der Waals surface area contributed by atoms with Gasteiger partial charge in [0.15, 0.2) is 0 Å². The second kappa shape index (κ2) is 14.4. The standard InChI is InChI=1S/C36H39ClF2N2O4S2/c1-36(2,3)45-35(43)40(4)24-10-12-25(13-11-24)41(34(42)33-31(37)30-27(38)16-17-28(39)32(30)47-33)20-23-19-22(9-18-29(23)44-5)21-7-14-26(46-6)15-8-21/h7-9,14-19,24-25H,10-13,20H2,1-6H3/t24-,25-. The Kier molecular flexibility index (Phi) is 10.7. The number of hydrogen-bond donors (Lipinski definition) is 0. The number of thiophene rings is 1. The summed E-state index contributed by atoms with van der Waals surface area (Å²) >= 11 is 9.16. The molecule has 4 aromatic rings. The Morgan fingerprint density at radius 3 is 2.17 bits per heavy atom. The smallest absolute Gasteiger partial charge is 0.410 e. The topological polar surface area (TPSA) is 59.1 Å². The number of hydrogen-bond acceptors (Lipinski definition) is 6. The summed E-state index contributed by atoms with van der Waals surface area (Å²) in [6.45, 7) is 5.68. The van der Waals surface area contributed by atoms with Crippen molar-refractivity contribution >= 4 is 56.8 Å². The summed E-state index contributed by atoms with van der Waals surface area (Å²) in [5.41, 5.74) is 2.16. The van der Waals surface area contributed by atoms with E-state index in [1.54, 1.807) is 35.7 Å². The maximum absolute atomic E-state index is 14.8. The van der Waals surface area contributed by atoms with E-state index in [-0.39, 0.29) is 44.7 Å². The molecule has 1 fully saturated rings. The Morgan fingerprint density at radius 2 is 1.57 bits per heavy atom. The minimum Gasteiger partial charge on any atom is -0.496 e. The van der Waals surface area contributed by atoms with Crippen molar-refractivity contribution in [2.45, 2.75) is 75.6 Å². The zero-order valence-corrected chi connectivity index (χ0v) is 29.8. The number of carbonyl (C=O) groups excluding carboxylic acids is 2. The Hall–Kier alpha value is -3.34. The van der Waals surface area contributed by atoms with Crippen LogP contribution in [0.5, 0.6) is 5.75 Å². The van der Waals surface area contributed by atoms with Crippen LogP contribution in [-0.2, 0) is 11.3 Å². The van der Waals surface area contributed by atoms with Crippen LogP contribution in [0.25, 0.3) is 21.2 Å². The van der Waals surface area contributed by atoms with Crippen LogP contribution in [0.4, 0.5) is 13.6 Å². The Labute approximate surface area is 288 Å². The monoisotopic (exact) mass is 700 g/mol. The molecular formula is C36H39ClF2N2O4S2. The van der Waals surface area contributed by atoms with Crippen molar-refractivity contribution in [3.05, 3.63) is 81.7 Å². The number of methoxy groups -OCH3 is 1. The molecule has 0 aliphatic heterocycles. The number of thioether (sulfide) groups is 1. The first-order valence-corrected chi connectivity index (χ1v) is 17.9. The third-order valence-corrected chi connectivity index (χ3v) is 10.9. The van der Waals surface area contributed by atoms with Gasteiger partial charge in [0.1, 0.15) is 27.9 Å². The first-order valence-electron chi connectivity index (χ1n) is 15.5. The zero-order valence-electron chi connectivity index (χ0n) is 27.4. The highest BCUT2D eigenvalue weighted by molar-refractivity contribution is 7.98. The van der Waals surface area contributed by atoms with Crippen molar-refractivity contribution in [2.24, 2.45) is 0 Å². The van der Waals surface area contributed by atoms with Gasteiger partial charge in [0.05, 0.1) is 22.2 Å². The summed E-state index contributed by atoms with van der Waals surface area (Å²) in [5, 5.41) is -0.180. The average molecular weight is 701 g/mol. The number of nitrogens with zero attached hydrogens (tertiary/aromatic N) is 2. The van der Waals surface area contributed by atoms with E-state index in [2.05, 4.69) is 24.3 Å². The predicted octanol–water partition coefficient (Wildman–Crippen LogP) is 10.1. The van der Waals surface area contributed by atoms with Crippen molar-refractivity contribution in [3.8, 4) is 16.9 Å². The predicted molar refractivity (Wildman–Crippen MR) is 187 cm³/mol. The van der Waals surface area contributed by atoms with Crippen molar-refractivity contribution in [1.82, 2.24) is 9.80 Å². The minimum atomic E-state index is -0.680. The van der Waals surface area contributed by atoms with Crippen LogP contribution in [0, 0.1) is 11.6 Å².